The number of carbonyl (C=O) groups is 2. The molecule has 0 unspecified atom stereocenters. The van der Waals surface area contributed by atoms with Crippen LogP contribution in [-0.2, 0) is 23.0 Å². The van der Waals surface area contributed by atoms with Gasteiger partial charge in [-0.3, -0.25) is 9.48 Å². The van der Waals surface area contributed by atoms with E-state index in [9.17, 15) is 9.59 Å². The predicted octanol–water partition coefficient (Wildman–Crippen LogP) is 1.90. The first-order valence-electron chi connectivity index (χ1n) is 8.09. The Hall–Kier alpha value is -2.63. The van der Waals surface area contributed by atoms with E-state index in [4.69, 9.17) is 4.74 Å². The van der Waals surface area contributed by atoms with E-state index in [1.54, 1.807) is 10.7 Å². The molecule has 0 N–H and O–H groups in total. The van der Waals surface area contributed by atoms with Crippen molar-refractivity contribution >= 4 is 17.6 Å². The summed E-state index contributed by atoms with van der Waals surface area (Å²) in [7, 11) is 3.26. The summed E-state index contributed by atoms with van der Waals surface area (Å²) in [5, 5.41) is 4.19. The van der Waals surface area contributed by atoms with Gasteiger partial charge < -0.3 is 9.64 Å². The van der Waals surface area contributed by atoms with Crippen LogP contribution >= 0.6 is 0 Å². The van der Waals surface area contributed by atoms with Gasteiger partial charge in [0.05, 0.1) is 18.9 Å². The summed E-state index contributed by atoms with van der Waals surface area (Å²) in [6.07, 6.45) is 5.49. The third kappa shape index (κ3) is 2.38. The highest BCUT2D eigenvalue weighted by Gasteiger charge is 2.47. The molecule has 0 spiro atoms. The number of hydrogen-bond acceptors (Lipinski definition) is 4. The topological polar surface area (TPSA) is 64.4 Å². The van der Waals surface area contributed by atoms with Crippen molar-refractivity contribution in [3.8, 4) is 0 Å². The molecule has 0 radical (unpaired) electrons. The van der Waals surface area contributed by atoms with Crippen LogP contribution in [0.3, 0.4) is 0 Å². The Morgan fingerprint density at radius 3 is 2.88 bits per heavy atom. The van der Waals surface area contributed by atoms with E-state index in [2.05, 4.69) is 5.10 Å². The van der Waals surface area contributed by atoms with Crippen molar-refractivity contribution < 1.29 is 14.3 Å². The highest BCUT2D eigenvalue weighted by atomic mass is 16.5. The number of fused-ring (bicyclic) bond motifs is 1. The van der Waals surface area contributed by atoms with Crippen LogP contribution in [-0.4, -0.2) is 35.3 Å². The molecule has 0 bridgehead atoms. The second kappa shape index (κ2) is 5.47. The van der Waals surface area contributed by atoms with Gasteiger partial charge in [0.15, 0.2) is 0 Å². The normalized spacial score (nSPS) is 21.5. The van der Waals surface area contributed by atoms with Gasteiger partial charge in [0.2, 0.25) is 5.91 Å². The van der Waals surface area contributed by atoms with Crippen LogP contribution in [0.2, 0.25) is 0 Å². The number of esters is 1. The second-order valence-electron chi connectivity index (χ2n) is 6.47. The molecule has 2 aromatic rings. The van der Waals surface area contributed by atoms with Crippen molar-refractivity contribution in [3.63, 3.8) is 0 Å². The molecule has 1 aromatic carbocycles. The van der Waals surface area contributed by atoms with E-state index in [1.165, 1.54) is 7.11 Å². The Kier molecular flexibility index (Phi) is 3.40. The molecule has 1 amide bonds. The van der Waals surface area contributed by atoms with E-state index >= 15 is 0 Å². The van der Waals surface area contributed by atoms with Gasteiger partial charge in [-0.1, -0.05) is 0 Å². The predicted molar refractivity (Wildman–Crippen MR) is 87.9 cm³/mol. The number of amides is 1. The first kappa shape index (κ1) is 14.9. The summed E-state index contributed by atoms with van der Waals surface area (Å²) in [5.74, 6) is 0.153. The van der Waals surface area contributed by atoms with Crippen LogP contribution in [0.4, 0.5) is 5.69 Å². The molecule has 0 saturated heterocycles. The molecule has 1 aromatic heterocycles. The Morgan fingerprint density at radius 1 is 1.33 bits per heavy atom. The molecule has 1 fully saturated rings. The molecule has 4 rings (SSSR count). The Morgan fingerprint density at radius 2 is 2.17 bits per heavy atom. The van der Waals surface area contributed by atoms with Crippen molar-refractivity contribution in [2.45, 2.75) is 18.8 Å². The van der Waals surface area contributed by atoms with Crippen molar-refractivity contribution in [1.82, 2.24) is 9.78 Å². The molecule has 1 aliphatic heterocycles. The Balaban J connectivity index is 1.51. The van der Waals surface area contributed by atoms with Crippen molar-refractivity contribution in [3.05, 3.63) is 47.3 Å². The number of ether oxygens (including phenoxy) is 1. The summed E-state index contributed by atoms with van der Waals surface area (Å²) in [4.78, 5) is 26.3. The lowest BCUT2D eigenvalue weighted by atomic mass is 10.1. The number of carbonyl (C=O) groups excluding carboxylic acids is 2. The Labute approximate surface area is 140 Å². The molecular weight excluding hydrogens is 306 g/mol. The van der Waals surface area contributed by atoms with Crippen molar-refractivity contribution in [2.24, 2.45) is 13.0 Å². The van der Waals surface area contributed by atoms with E-state index in [0.29, 0.717) is 12.1 Å². The molecule has 2 heterocycles. The van der Waals surface area contributed by atoms with Gasteiger partial charge in [-0.25, -0.2) is 4.79 Å². The minimum atomic E-state index is -0.346. The fraction of sp³-hybridized carbons (Fsp3) is 0.389. The van der Waals surface area contributed by atoms with Gasteiger partial charge in [-0.05, 0) is 48.1 Å². The number of rotatable bonds is 3. The maximum Gasteiger partial charge on any atom is 0.337 e. The quantitative estimate of drug-likeness (QED) is 0.809. The van der Waals surface area contributed by atoms with Crippen LogP contribution in [0.5, 0.6) is 0 Å². The number of hydrogen-bond donors (Lipinski definition) is 0. The molecular formula is C18H19N3O3. The first-order valence-corrected chi connectivity index (χ1v) is 8.09. The maximum atomic E-state index is 12.8. The first-order chi connectivity index (χ1) is 11.6. The van der Waals surface area contributed by atoms with E-state index in [0.717, 1.165) is 29.7 Å². The highest BCUT2D eigenvalue weighted by molar-refractivity contribution is 6.00. The number of aromatic nitrogens is 2. The molecule has 124 valence electrons. The lowest BCUT2D eigenvalue weighted by Crippen LogP contribution is -2.30. The van der Waals surface area contributed by atoms with E-state index in [-0.39, 0.29) is 23.7 Å². The van der Waals surface area contributed by atoms with Crippen molar-refractivity contribution in [1.29, 1.82) is 0 Å². The molecule has 6 nitrogen and oxygen atoms in total. The number of benzene rings is 1. The molecule has 6 heteroatoms. The number of nitrogens with zero attached hydrogens (tertiary/aromatic N) is 3. The van der Waals surface area contributed by atoms with Crippen LogP contribution in [0.1, 0.15) is 33.8 Å². The van der Waals surface area contributed by atoms with Crippen LogP contribution in [0.15, 0.2) is 30.6 Å². The van der Waals surface area contributed by atoms with Gasteiger partial charge in [-0.15, -0.1) is 0 Å². The van der Waals surface area contributed by atoms with E-state index in [1.807, 2.05) is 36.5 Å². The van der Waals surface area contributed by atoms with Gasteiger partial charge in [-0.2, -0.15) is 5.10 Å². The minimum Gasteiger partial charge on any atom is -0.465 e. The summed E-state index contributed by atoms with van der Waals surface area (Å²) >= 11 is 0. The Bertz CT molecular complexity index is 827. The summed E-state index contributed by atoms with van der Waals surface area (Å²) in [6.45, 7) is 0.676. The molecule has 1 saturated carbocycles. The fourth-order valence-electron chi connectivity index (χ4n) is 3.54. The highest BCUT2D eigenvalue weighted by Crippen LogP contribution is 2.49. The summed E-state index contributed by atoms with van der Waals surface area (Å²) in [6, 6.07) is 5.41. The van der Waals surface area contributed by atoms with Crippen LogP contribution in [0, 0.1) is 5.92 Å². The van der Waals surface area contributed by atoms with E-state index < -0.39 is 0 Å². The largest absolute Gasteiger partial charge is 0.465 e. The number of methoxy groups -OCH3 is 1. The SMILES string of the molecule is COC(=O)c1ccc2c(c1)CCN2C(=O)[C@@H]1C[C@@H]1c1cnn(C)c1. The van der Waals surface area contributed by atoms with Gasteiger partial charge in [0, 0.05) is 31.4 Å². The lowest BCUT2D eigenvalue weighted by Gasteiger charge is -2.17. The number of anilines is 1. The fourth-order valence-corrected chi connectivity index (χ4v) is 3.54. The second-order valence-corrected chi connectivity index (χ2v) is 6.47. The smallest absolute Gasteiger partial charge is 0.337 e. The third-order valence-corrected chi connectivity index (χ3v) is 4.92. The zero-order valence-corrected chi connectivity index (χ0v) is 13.7. The average Bonchev–Trinajstić information content (AvgIpc) is 3.09. The van der Waals surface area contributed by atoms with Gasteiger partial charge >= 0.3 is 5.97 Å². The monoisotopic (exact) mass is 325 g/mol. The molecule has 2 aliphatic rings. The van der Waals surface area contributed by atoms with Crippen LogP contribution < -0.4 is 4.90 Å². The number of aryl methyl sites for hydroxylation is 1. The van der Waals surface area contributed by atoms with Gasteiger partial charge in [0.1, 0.15) is 0 Å². The summed E-state index contributed by atoms with van der Waals surface area (Å²) in [5.41, 5.74) is 3.62. The minimum absolute atomic E-state index is 0.0421. The standard InChI is InChI=1S/C18H19N3O3/c1-20-10-13(9-19-20)14-8-15(14)17(22)21-6-5-11-7-12(18(23)24-2)3-4-16(11)21/h3-4,7,9-10,14-15H,5-6,8H2,1-2H3/t14-,15-/m1/s1. The van der Waals surface area contributed by atoms with Crippen LogP contribution in [0.25, 0.3) is 0 Å². The molecule has 1 aliphatic carbocycles. The summed E-state index contributed by atoms with van der Waals surface area (Å²) < 4.78 is 6.53. The molecule has 2 atom stereocenters. The third-order valence-electron chi connectivity index (χ3n) is 4.92. The lowest BCUT2D eigenvalue weighted by molar-refractivity contribution is -0.119. The average molecular weight is 325 g/mol. The zero-order chi connectivity index (χ0) is 16.8. The van der Waals surface area contributed by atoms with Gasteiger partial charge in [0.25, 0.3) is 0 Å². The maximum absolute atomic E-state index is 12.8. The van der Waals surface area contributed by atoms with Crippen molar-refractivity contribution in [2.75, 3.05) is 18.6 Å². The zero-order valence-electron chi connectivity index (χ0n) is 13.7. The molecule has 24 heavy (non-hydrogen) atoms.